The Hall–Kier alpha value is -3.16. The number of carbonyl (C=O) groups excluding carboxylic acids is 1. The molecule has 3 aromatic rings. The van der Waals surface area contributed by atoms with Crippen LogP contribution >= 0.6 is 0 Å². The SMILES string of the molecule is CN(C(=O)c1cccc(S(=O)(=O)N2CCN(c3ccccc3)CC2)c1)[C@H]1CCc2ccccc21. The Kier molecular flexibility index (Phi) is 6.15. The number of anilines is 1. The van der Waals surface area contributed by atoms with Crippen molar-refractivity contribution in [3.05, 3.63) is 95.6 Å². The summed E-state index contributed by atoms with van der Waals surface area (Å²) in [5.74, 6) is -0.160. The highest BCUT2D eigenvalue weighted by molar-refractivity contribution is 7.89. The molecule has 1 atom stereocenters. The van der Waals surface area contributed by atoms with Crippen molar-refractivity contribution in [1.82, 2.24) is 9.21 Å². The number of hydrogen-bond acceptors (Lipinski definition) is 4. The number of rotatable bonds is 5. The Labute approximate surface area is 201 Å². The number of hydrogen-bond donors (Lipinski definition) is 0. The lowest BCUT2D eigenvalue weighted by Gasteiger charge is -2.35. The quantitative estimate of drug-likeness (QED) is 0.561. The lowest BCUT2D eigenvalue weighted by atomic mass is 10.1. The molecule has 7 heteroatoms. The molecule has 0 aromatic heterocycles. The van der Waals surface area contributed by atoms with Crippen LogP contribution in [0.5, 0.6) is 0 Å². The van der Waals surface area contributed by atoms with Gasteiger partial charge in [-0.3, -0.25) is 4.79 Å². The van der Waals surface area contributed by atoms with Crippen molar-refractivity contribution in [3.63, 3.8) is 0 Å². The summed E-state index contributed by atoms with van der Waals surface area (Å²) in [4.78, 5) is 17.4. The van der Waals surface area contributed by atoms with E-state index >= 15 is 0 Å². The van der Waals surface area contributed by atoms with Gasteiger partial charge in [-0.15, -0.1) is 0 Å². The molecule has 0 spiro atoms. The zero-order chi connectivity index (χ0) is 23.7. The van der Waals surface area contributed by atoms with Crippen LogP contribution < -0.4 is 4.90 Å². The summed E-state index contributed by atoms with van der Waals surface area (Å²) in [5.41, 5.74) is 3.95. The molecular formula is C27H29N3O3S. The first-order valence-electron chi connectivity index (χ1n) is 11.7. The summed E-state index contributed by atoms with van der Waals surface area (Å²) in [6.45, 7) is 2.08. The highest BCUT2D eigenvalue weighted by Crippen LogP contribution is 2.35. The minimum absolute atomic E-state index is 0.00928. The fourth-order valence-electron chi connectivity index (χ4n) is 5.05. The summed E-state index contributed by atoms with van der Waals surface area (Å²) < 4.78 is 28.3. The summed E-state index contributed by atoms with van der Waals surface area (Å²) >= 11 is 0. The van der Waals surface area contributed by atoms with Gasteiger partial charge in [-0.1, -0.05) is 48.5 Å². The van der Waals surface area contributed by atoms with E-state index in [1.54, 1.807) is 30.1 Å². The lowest BCUT2D eigenvalue weighted by Crippen LogP contribution is -2.48. The maximum atomic E-state index is 13.4. The van der Waals surface area contributed by atoms with Crippen LogP contribution in [0.25, 0.3) is 0 Å². The molecule has 1 aliphatic carbocycles. The van der Waals surface area contributed by atoms with Crippen molar-refractivity contribution < 1.29 is 13.2 Å². The largest absolute Gasteiger partial charge is 0.369 e. The van der Waals surface area contributed by atoms with Gasteiger partial charge in [0.1, 0.15) is 0 Å². The van der Waals surface area contributed by atoms with Crippen LogP contribution in [0.1, 0.15) is 33.9 Å². The van der Waals surface area contributed by atoms with E-state index in [0.29, 0.717) is 31.7 Å². The van der Waals surface area contributed by atoms with E-state index in [1.807, 2.05) is 42.5 Å². The lowest BCUT2D eigenvalue weighted by molar-refractivity contribution is 0.0730. The fraction of sp³-hybridized carbons (Fsp3) is 0.296. The number of para-hydroxylation sites is 1. The van der Waals surface area contributed by atoms with E-state index in [1.165, 1.54) is 21.5 Å². The predicted octanol–water partition coefficient (Wildman–Crippen LogP) is 3.96. The Morgan fingerprint density at radius 2 is 1.59 bits per heavy atom. The van der Waals surface area contributed by atoms with Crippen molar-refractivity contribution in [2.45, 2.75) is 23.8 Å². The number of benzene rings is 3. The van der Waals surface area contributed by atoms with Gasteiger partial charge in [-0.05, 0) is 54.3 Å². The van der Waals surface area contributed by atoms with Crippen molar-refractivity contribution in [2.24, 2.45) is 0 Å². The zero-order valence-electron chi connectivity index (χ0n) is 19.3. The molecule has 2 aliphatic rings. The third kappa shape index (κ3) is 4.21. The minimum Gasteiger partial charge on any atom is -0.369 e. The summed E-state index contributed by atoms with van der Waals surface area (Å²) in [7, 11) is -1.88. The van der Waals surface area contributed by atoms with E-state index in [0.717, 1.165) is 18.5 Å². The van der Waals surface area contributed by atoms with Crippen LogP contribution in [0.15, 0.2) is 83.8 Å². The minimum atomic E-state index is -3.68. The maximum Gasteiger partial charge on any atom is 0.254 e. The van der Waals surface area contributed by atoms with Gasteiger partial charge >= 0.3 is 0 Å². The van der Waals surface area contributed by atoms with E-state index in [2.05, 4.69) is 17.0 Å². The van der Waals surface area contributed by atoms with Crippen LogP contribution in [0.3, 0.4) is 0 Å². The summed E-state index contributed by atoms with van der Waals surface area (Å²) in [6, 6.07) is 24.7. The van der Waals surface area contributed by atoms with Gasteiger partial charge in [0.05, 0.1) is 10.9 Å². The highest BCUT2D eigenvalue weighted by atomic mass is 32.2. The van der Waals surface area contributed by atoms with Crippen LogP contribution in [-0.4, -0.2) is 56.8 Å². The number of carbonyl (C=O) groups is 1. The van der Waals surface area contributed by atoms with E-state index in [-0.39, 0.29) is 16.8 Å². The van der Waals surface area contributed by atoms with E-state index < -0.39 is 10.0 Å². The number of aryl methyl sites for hydroxylation is 1. The molecule has 0 radical (unpaired) electrons. The first kappa shape index (κ1) is 22.6. The Balaban J connectivity index is 1.31. The van der Waals surface area contributed by atoms with Gasteiger partial charge in [-0.2, -0.15) is 4.31 Å². The predicted molar refractivity (Wildman–Crippen MR) is 133 cm³/mol. The molecule has 34 heavy (non-hydrogen) atoms. The number of sulfonamides is 1. The van der Waals surface area contributed by atoms with Crippen molar-refractivity contribution >= 4 is 21.6 Å². The van der Waals surface area contributed by atoms with E-state index in [4.69, 9.17) is 0 Å². The number of amides is 1. The average molecular weight is 476 g/mol. The second-order valence-corrected chi connectivity index (χ2v) is 10.9. The third-order valence-corrected chi connectivity index (χ3v) is 8.86. The van der Waals surface area contributed by atoms with Gasteiger partial charge in [-0.25, -0.2) is 8.42 Å². The summed E-state index contributed by atoms with van der Waals surface area (Å²) in [6.07, 6.45) is 1.83. The van der Waals surface area contributed by atoms with Crippen molar-refractivity contribution in [3.8, 4) is 0 Å². The normalized spacial score (nSPS) is 18.5. The molecule has 3 aromatic carbocycles. The second-order valence-electron chi connectivity index (χ2n) is 8.92. The monoisotopic (exact) mass is 475 g/mol. The van der Waals surface area contributed by atoms with Crippen molar-refractivity contribution in [2.75, 3.05) is 38.1 Å². The number of fused-ring (bicyclic) bond motifs is 1. The molecule has 0 saturated carbocycles. The standard InChI is InChI=1S/C27H29N3O3S/c1-28(26-15-14-21-8-5-6-13-25(21)26)27(31)22-9-7-12-24(20-22)34(32,33)30-18-16-29(17-19-30)23-10-3-2-4-11-23/h2-13,20,26H,14-19H2,1H3/t26-/m0/s1. The molecule has 1 fully saturated rings. The Morgan fingerprint density at radius 1 is 0.882 bits per heavy atom. The van der Waals surface area contributed by atoms with Gasteiger partial charge < -0.3 is 9.80 Å². The molecule has 1 heterocycles. The molecule has 1 saturated heterocycles. The molecule has 176 valence electrons. The molecule has 6 nitrogen and oxygen atoms in total. The third-order valence-electron chi connectivity index (χ3n) is 6.97. The molecule has 0 unspecified atom stereocenters. The van der Waals surface area contributed by atoms with Crippen LogP contribution in [0, 0.1) is 0 Å². The van der Waals surface area contributed by atoms with Crippen LogP contribution in [0.2, 0.25) is 0 Å². The van der Waals surface area contributed by atoms with Gasteiger partial charge in [0, 0.05) is 44.5 Å². The van der Waals surface area contributed by atoms with Gasteiger partial charge in [0.2, 0.25) is 10.0 Å². The van der Waals surface area contributed by atoms with E-state index in [9.17, 15) is 13.2 Å². The number of piperazine rings is 1. The zero-order valence-corrected chi connectivity index (χ0v) is 20.1. The molecule has 5 rings (SSSR count). The maximum absolute atomic E-state index is 13.4. The summed E-state index contributed by atoms with van der Waals surface area (Å²) in [5, 5.41) is 0. The van der Waals surface area contributed by atoms with Crippen LogP contribution in [0.4, 0.5) is 5.69 Å². The topological polar surface area (TPSA) is 60.9 Å². The number of nitrogens with zero attached hydrogens (tertiary/aromatic N) is 3. The fourth-order valence-corrected chi connectivity index (χ4v) is 6.51. The highest BCUT2D eigenvalue weighted by Gasteiger charge is 2.31. The Bertz CT molecular complexity index is 1290. The molecule has 1 amide bonds. The van der Waals surface area contributed by atoms with Gasteiger partial charge in [0.25, 0.3) is 5.91 Å². The first-order valence-corrected chi connectivity index (χ1v) is 13.1. The smallest absolute Gasteiger partial charge is 0.254 e. The molecular weight excluding hydrogens is 446 g/mol. The van der Waals surface area contributed by atoms with Gasteiger partial charge in [0.15, 0.2) is 0 Å². The molecule has 1 aliphatic heterocycles. The molecule has 0 bridgehead atoms. The first-order chi connectivity index (χ1) is 16.4. The van der Waals surface area contributed by atoms with Crippen molar-refractivity contribution in [1.29, 1.82) is 0 Å². The molecule has 0 N–H and O–H groups in total. The Morgan fingerprint density at radius 3 is 2.35 bits per heavy atom. The second kappa shape index (κ2) is 9.24. The average Bonchev–Trinajstić information content (AvgIpc) is 3.33. The van der Waals surface area contributed by atoms with Crippen LogP contribution in [-0.2, 0) is 16.4 Å².